The topological polar surface area (TPSA) is 41.5 Å². The molecule has 2 N–H and O–H groups in total. The minimum atomic E-state index is -0.362. The molecule has 1 unspecified atom stereocenters. The molecule has 1 rings (SSSR count). The van der Waals surface area contributed by atoms with Crippen molar-refractivity contribution in [3.63, 3.8) is 0 Å². The third-order valence-corrected chi connectivity index (χ3v) is 3.67. The van der Waals surface area contributed by atoms with Crippen molar-refractivity contribution < 1.29 is 9.84 Å². The van der Waals surface area contributed by atoms with E-state index in [2.05, 4.69) is 19.2 Å². The van der Waals surface area contributed by atoms with Gasteiger partial charge in [0.15, 0.2) is 0 Å². The van der Waals surface area contributed by atoms with Crippen molar-refractivity contribution in [2.45, 2.75) is 70.4 Å². The van der Waals surface area contributed by atoms with Gasteiger partial charge in [-0.05, 0) is 32.6 Å². The average molecular weight is 243 g/mol. The van der Waals surface area contributed by atoms with Crippen molar-refractivity contribution in [3.8, 4) is 0 Å². The number of hydrogen-bond donors (Lipinski definition) is 2. The van der Waals surface area contributed by atoms with Gasteiger partial charge >= 0.3 is 0 Å². The Kier molecular flexibility index (Phi) is 7.09. The third kappa shape index (κ3) is 6.39. The van der Waals surface area contributed by atoms with Gasteiger partial charge in [0.25, 0.3) is 0 Å². The predicted molar refractivity (Wildman–Crippen MR) is 71.2 cm³/mol. The summed E-state index contributed by atoms with van der Waals surface area (Å²) in [5.41, 5.74) is 0.280. The molecular formula is C14H29NO2. The van der Waals surface area contributed by atoms with Crippen LogP contribution in [-0.2, 0) is 4.74 Å². The second-order valence-electron chi connectivity index (χ2n) is 5.58. The maximum absolute atomic E-state index is 9.75. The number of aliphatic hydroxyl groups excluding tert-OH is 1. The Labute approximate surface area is 106 Å². The smallest absolute Gasteiger partial charge is 0.0897 e. The van der Waals surface area contributed by atoms with Gasteiger partial charge < -0.3 is 15.2 Å². The first-order chi connectivity index (χ1) is 8.16. The van der Waals surface area contributed by atoms with Gasteiger partial charge in [-0.15, -0.1) is 0 Å². The predicted octanol–water partition coefficient (Wildman–Crippen LogP) is 2.48. The second kappa shape index (κ2) is 8.06. The van der Waals surface area contributed by atoms with Crippen LogP contribution in [-0.4, -0.2) is 36.5 Å². The minimum Gasteiger partial charge on any atom is -0.389 e. The van der Waals surface area contributed by atoms with Gasteiger partial charge in [0, 0.05) is 18.7 Å². The van der Waals surface area contributed by atoms with Crippen LogP contribution in [0.15, 0.2) is 0 Å². The lowest BCUT2D eigenvalue weighted by Crippen LogP contribution is -2.51. The van der Waals surface area contributed by atoms with E-state index in [1.807, 2.05) is 0 Å². The molecule has 0 aromatic carbocycles. The highest BCUT2D eigenvalue weighted by molar-refractivity contribution is 4.91. The fourth-order valence-corrected chi connectivity index (χ4v) is 2.16. The molecule has 3 nitrogen and oxygen atoms in total. The Bertz CT molecular complexity index is 193. The van der Waals surface area contributed by atoms with E-state index < -0.39 is 0 Å². The molecule has 0 heterocycles. The lowest BCUT2D eigenvalue weighted by atomic mass is 9.78. The van der Waals surface area contributed by atoms with E-state index in [-0.39, 0.29) is 11.6 Å². The summed E-state index contributed by atoms with van der Waals surface area (Å²) in [5.74, 6) is 0. The van der Waals surface area contributed by atoms with Crippen LogP contribution >= 0.6 is 0 Å². The maximum atomic E-state index is 9.75. The van der Waals surface area contributed by atoms with E-state index in [4.69, 9.17) is 4.74 Å². The van der Waals surface area contributed by atoms with Gasteiger partial charge in [0.05, 0.1) is 12.7 Å². The van der Waals surface area contributed by atoms with Gasteiger partial charge in [-0.2, -0.15) is 0 Å². The maximum Gasteiger partial charge on any atom is 0.0897 e. The van der Waals surface area contributed by atoms with Crippen LogP contribution in [0.4, 0.5) is 0 Å². The van der Waals surface area contributed by atoms with E-state index in [1.165, 1.54) is 38.5 Å². The summed E-state index contributed by atoms with van der Waals surface area (Å²) in [6.45, 7) is 6.35. The van der Waals surface area contributed by atoms with Crippen LogP contribution in [0.3, 0.4) is 0 Å². The van der Waals surface area contributed by atoms with E-state index in [0.717, 1.165) is 13.0 Å². The van der Waals surface area contributed by atoms with Gasteiger partial charge in [-0.3, -0.25) is 0 Å². The van der Waals surface area contributed by atoms with Crippen molar-refractivity contribution in [2.24, 2.45) is 0 Å². The Morgan fingerprint density at radius 3 is 2.65 bits per heavy atom. The van der Waals surface area contributed by atoms with Crippen LogP contribution in [0.25, 0.3) is 0 Å². The Morgan fingerprint density at radius 2 is 2.06 bits per heavy atom. The number of aliphatic hydroxyl groups is 1. The summed E-state index contributed by atoms with van der Waals surface area (Å²) in [5, 5.41) is 13.2. The molecule has 0 spiro atoms. The molecule has 1 aliphatic rings. The summed E-state index contributed by atoms with van der Waals surface area (Å²) < 4.78 is 5.47. The summed E-state index contributed by atoms with van der Waals surface area (Å²) >= 11 is 0. The highest BCUT2D eigenvalue weighted by Crippen LogP contribution is 2.30. The number of β-amino-alcohol motifs (C(OH)–C–C–N with tert-alkyl or cyclic N) is 1. The molecule has 0 amide bonds. The molecule has 17 heavy (non-hydrogen) atoms. The molecule has 3 heteroatoms. The zero-order valence-corrected chi connectivity index (χ0v) is 11.5. The average Bonchev–Trinajstić information content (AvgIpc) is 2.28. The van der Waals surface area contributed by atoms with Gasteiger partial charge in [0.2, 0.25) is 0 Å². The largest absolute Gasteiger partial charge is 0.389 e. The zero-order chi connectivity index (χ0) is 12.6. The number of rotatable bonds is 10. The molecule has 102 valence electrons. The molecule has 0 aromatic rings. The van der Waals surface area contributed by atoms with Crippen LogP contribution in [0.2, 0.25) is 0 Å². The number of nitrogens with one attached hydrogen (secondary N) is 1. The third-order valence-electron chi connectivity index (χ3n) is 3.67. The summed E-state index contributed by atoms with van der Waals surface area (Å²) in [6, 6.07) is 0. The molecule has 0 aromatic heterocycles. The summed E-state index contributed by atoms with van der Waals surface area (Å²) in [7, 11) is 0. The molecule has 0 saturated heterocycles. The Morgan fingerprint density at radius 1 is 1.29 bits per heavy atom. The Hall–Kier alpha value is -0.120. The quantitative estimate of drug-likeness (QED) is 0.579. The first kappa shape index (κ1) is 14.9. The van der Waals surface area contributed by atoms with Crippen LogP contribution in [0, 0.1) is 0 Å². The standard InChI is InChI=1S/C14H29NO2/c1-3-4-5-6-10-17-12-13(16)11-15-14(2)8-7-9-14/h13,15-16H,3-12H2,1-2H3. The van der Waals surface area contributed by atoms with Crippen LogP contribution in [0.5, 0.6) is 0 Å². The summed E-state index contributed by atoms with van der Waals surface area (Å²) in [6.07, 6.45) is 8.31. The van der Waals surface area contributed by atoms with Crippen molar-refractivity contribution in [2.75, 3.05) is 19.8 Å². The fraction of sp³-hybridized carbons (Fsp3) is 1.00. The minimum absolute atomic E-state index is 0.280. The molecular weight excluding hydrogens is 214 g/mol. The van der Waals surface area contributed by atoms with Crippen LogP contribution < -0.4 is 5.32 Å². The Balaban J connectivity index is 1.88. The van der Waals surface area contributed by atoms with Crippen LogP contribution in [0.1, 0.15) is 58.8 Å². The van der Waals surface area contributed by atoms with Gasteiger partial charge in [-0.1, -0.05) is 26.2 Å². The highest BCUT2D eigenvalue weighted by atomic mass is 16.5. The lowest BCUT2D eigenvalue weighted by Gasteiger charge is -2.40. The molecule has 1 fully saturated rings. The first-order valence-corrected chi connectivity index (χ1v) is 7.17. The summed E-state index contributed by atoms with van der Waals surface area (Å²) in [4.78, 5) is 0. The molecule has 1 atom stereocenters. The molecule has 1 aliphatic carbocycles. The molecule has 0 aliphatic heterocycles. The van der Waals surface area contributed by atoms with Crippen molar-refractivity contribution in [3.05, 3.63) is 0 Å². The monoisotopic (exact) mass is 243 g/mol. The lowest BCUT2D eigenvalue weighted by molar-refractivity contribution is 0.0279. The molecule has 0 radical (unpaired) electrons. The van der Waals surface area contributed by atoms with Crippen molar-refractivity contribution in [1.82, 2.24) is 5.32 Å². The molecule has 0 bridgehead atoms. The van der Waals surface area contributed by atoms with E-state index in [1.54, 1.807) is 0 Å². The number of hydrogen-bond acceptors (Lipinski definition) is 3. The van der Waals surface area contributed by atoms with Gasteiger partial charge in [0.1, 0.15) is 0 Å². The fourth-order valence-electron chi connectivity index (χ4n) is 2.16. The number of unbranched alkanes of at least 4 members (excludes halogenated alkanes) is 3. The molecule has 1 saturated carbocycles. The SMILES string of the molecule is CCCCCCOCC(O)CNC1(C)CCC1. The first-order valence-electron chi connectivity index (χ1n) is 7.17. The van der Waals surface area contributed by atoms with Crippen molar-refractivity contribution >= 4 is 0 Å². The highest BCUT2D eigenvalue weighted by Gasteiger charge is 2.31. The zero-order valence-electron chi connectivity index (χ0n) is 11.5. The van der Waals surface area contributed by atoms with E-state index in [9.17, 15) is 5.11 Å². The van der Waals surface area contributed by atoms with E-state index in [0.29, 0.717) is 13.2 Å². The number of ether oxygens (including phenoxy) is 1. The van der Waals surface area contributed by atoms with Crippen molar-refractivity contribution in [1.29, 1.82) is 0 Å². The normalized spacial score (nSPS) is 19.9. The van der Waals surface area contributed by atoms with E-state index >= 15 is 0 Å². The van der Waals surface area contributed by atoms with Gasteiger partial charge in [-0.25, -0.2) is 0 Å². The second-order valence-corrected chi connectivity index (χ2v) is 5.58.